The minimum absolute atomic E-state index is 0.0208. The molecule has 0 unspecified atom stereocenters. The maximum Gasteiger partial charge on any atom is 0.320 e. The highest BCUT2D eigenvalue weighted by atomic mass is 16.4. The largest absolute Gasteiger partial charge is 0.508 e. The van der Waals surface area contributed by atoms with Gasteiger partial charge in [-0.05, 0) is 60.3 Å². The molecule has 0 spiro atoms. The fraction of sp³-hybridized carbons (Fsp3) is 0.514. The van der Waals surface area contributed by atoms with Gasteiger partial charge in [0.1, 0.15) is 36.0 Å². The minimum atomic E-state index is -1.02. The molecule has 2 aromatic carbocycles. The van der Waals surface area contributed by atoms with Crippen LogP contribution in [0.4, 0.5) is 0 Å². The number of rotatable bonds is 14. The second kappa shape index (κ2) is 28.1. The molecule has 0 aliphatic heterocycles. The monoisotopic (exact) mass is 725 g/mol. The number of aliphatic carboxylic acids is 5. The van der Waals surface area contributed by atoms with Gasteiger partial charge in [0, 0.05) is 0 Å². The van der Waals surface area contributed by atoms with Crippen LogP contribution in [0.15, 0.2) is 54.6 Å². The molecule has 0 fully saturated rings. The molecule has 0 heterocycles. The maximum absolute atomic E-state index is 10.4. The molecule has 16 heteroatoms. The van der Waals surface area contributed by atoms with E-state index < -0.39 is 60.1 Å². The molecular weight excluding hydrogens is 666 g/mol. The van der Waals surface area contributed by atoms with Crippen LogP contribution in [0.1, 0.15) is 65.5 Å². The van der Waals surface area contributed by atoms with Crippen LogP contribution in [-0.4, -0.2) is 90.7 Å². The Bertz CT molecular complexity index is 1280. The normalized spacial score (nSPS) is 13.7. The maximum atomic E-state index is 10.4. The molecule has 16 N–H and O–H groups in total. The second-order valence-corrected chi connectivity index (χ2v) is 12.4. The zero-order valence-corrected chi connectivity index (χ0v) is 30.3. The number of phenolic OH excluding ortho intramolecular Hbond substituents is 1. The molecule has 16 nitrogen and oxygen atoms in total. The van der Waals surface area contributed by atoms with Crippen molar-refractivity contribution in [3.63, 3.8) is 0 Å². The van der Waals surface area contributed by atoms with Crippen LogP contribution in [0.25, 0.3) is 0 Å². The summed E-state index contributed by atoms with van der Waals surface area (Å²) in [4.78, 5) is 51.1. The van der Waals surface area contributed by atoms with Gasteiger partial charge in [0.05, 0.1) is 0 Å². The Morgan fingerprint density at radius 1 is 0.549 bits per heavy atom. The lowest BCUT2D eigenvalue weighted by molar-refractivity contribution is -0.140. The number of phenols is 1. The molecule has 51 heavy (non-hydrogen) atoms. The summed E-state index contributed by atoms with van der Waals surface area (Å²) in [6.45, 7) is 11.2. The van der Waals surface area contributed by atoms with Crippen LogP contribution in [-0.2, 0) is 36.8 Å². The molecule has 0 bridgehead atoms. The number of hydrogen-bond acceptors (Lipinski definition) is 11. The molecule has 0 aliphatic carbocycles. The Labute approximate surface area is 299 Å². The van der Waals surface area contributed by atoms with Crippen molar-refractivity contribution in [1.82, 2.24) is 0 Å². The van der Waals surface area contributed by atoms with Crippen molar-refractivity contribution in [3.05, 3.63) is 65.7 Å². The molecule has 0 saturated heterocycles. The lowest BCUT2D eigenvalue weighted by Gasteiger charge is -2.11. The van der Waals surface area contributed by atoms with Crippen LogP contribution in [0.3, 0.4) is 0 Å². The number of benzene rings is 2. The zero-order chi connectivity index (χ0) is 40.4. The van der Waals surface area contributed by atoms with E-state index in [2.05, 4.69) is 0 Å². The second-order valence-electron chi connectivity index (χ2n) is 12.4. The highest BCUT2D eigenvalue weighted by Crippen LogP contribution is 2.11. The van der Waals surface area contributed by atoms with Gasteiger partial charge in [-0.1, -0.05) is 90.4 Å². The van der Waals surface area contributed by atoms with Crippen molar-refractivity contribution in [3.8, 4) is 5.75 Å². The number of nitrogens with two attached hydrogens (primary N) is 5. The average Bonchev–Trinajstić information content (AvgIpc) is 3.05. The summed E-state index contributed by atoms with van der Waals surface area (Å²) >= 11 is 0. The first-order chi connectivity index (χ1) is 23.5. The molecule has 0 radical (unpaired) electrons. The van der Waals surface area contributed by atoms with Gasteiger partial charge < -0.3 is 59.3 Å². The van der Waals surface area contributed by atoms with E-state index in [0.717, 1.165) is 17.5 Å². The lowest BCUT2D eigenvalue weighted by atomic mass is 10.0. The van der Waals surface area contributed by atoms with Crippen molar-refractivity contribution in [2.75, 3.05) is 0 Å². The summed E-state index contributed by atoms with van der Waals surface area (Å²) in [6.07, 6.45) is 2.02. The van der Waals surface area contributed by atoms with Crippen LogP contribution in [0.2, 0.25) is 0 Å². The van der Waals surface area contributed by atoms with Gasteiger partial charge in [-0.3, -0.25) is 24.0 Å². The molecule has 290 valence electrons. The van der Waals surface area contributed by atoms with E-state index in [9.17, 15) is 24.0 Å². The minimum Gasteiger partial charge on any atom is -0.508 e. The fourth-order valence-corrected chi connectivity index (χ4v) is 3.32. The quantitative estimate of drug-likeness (QED) is 0.132. The summed E-state index contributed by atoms with van der Waals surface area (Å²) in [5, 5.41) is 50.9. The predicted octanol–water partition coefficient (Wildman–Crippen LogP) is 1.93. The number of carboxylic acids is 5. The van der Waals surface area contributed by atoms with E-state index in [4.69, 9.17) is 59.3 Å². The highest BCUT2D eigenvalue weighted by Gasteiger charge is 2.17. The number of carboxylic acid groups (broad SMARTS) is 5. The summed E-state index contributed by atoms with van der Waals surface area (Å²) < 4.78 is 0. The summed E-state index contributed by atoms with van der Waals surface area (Å²) in [5.41, 5.74) is 28.1. The predicted molar refractivity (Wildman–Crippen MR) is 194 cm³/mol. The molecule has 6 atom stereocenters. The molecule has 2 rings (SSSR count). The van der Waals surface area contributed by atoms with Crippen molar-refractivity contribution in [1.29, 1.82) is 0 Å². The van der Waals surface area contributed by atoms with E-state index in [1.807, 2.05) is 58.0 Å². The first-order valence-electron chi connectivity index (χ1n) is 16.2. The van der Waals surface area contributed by atoms with E-state index in [0.29, 0.717) is 18.8 Å². The van der Waals surface area contributed by atoms with E-state index >= 15 is 0 Å². The van der Waals surface area contributed by atoms with E-state index in [-0.39, 0.29) is 24.0 Å². The number of aromatic hydroxyl groups is 1. The first-order valence-corrected chi connectivity index (χ1v) is 16.2. The standard InChI is InChI=1S/C9H11NO3.C9H11NO2.2C6H13NO2.C5H11NO2/c10-8(9(12)13)5-6-1-3-7(11)4-2-6;10-8(9(11)12)6-7-4-2-1-3-5-7;1-4(2)3-5(7)6(8)9;1-3-4(2)5(7)6(8)9;1-3(2)4(6)5(7)8/h1-4,8,11H,5,10H2,(H,12,13);1-5,8H,6,10H2,(H,11,12);2*4-5H,3,7H2,1-2H3,(H,8,9);3-4H,6H2,1-2H3,(H,7,8)/t2*8-;5-;4-,5-;4-/m00000/s1. The van der Waals surface area contributed by atoms with Gasteiger partial charge in [-0.15, -0.1) is 0 Å². The van der Waals surface area contributed by atoms with Crippen molar-refractivity contribution < 1.29 is 54.6 Å². The Morgan fingerprint density at radius 2 is 0.922 bits per heavy atom. The van der Waals surface area contributed by atoms with Crippen molar-refractivity contribution in [2.45, 2.75) is 97.4 Å². The van der Waals surface area contributed by atoms with Gasteiger partial charge in [0.2, 0.25) is 0 Å². The van der Waals surface area contributed by atoms with Gasteiger partial charge >= 0.3 is 29.8 Å². The molecule has 0 saturated carbocycles. The zero-order valence-electron chi connectivity index (χ0n) is 30.3. The molecule has 0 aromatic heterocycles. The molecule has 2 aromatic rings. The molecule has 0 amide bonds. The molecular formula is C35H59N5O11. The average molecular weight is 726 g/mol. The Kier molecular flexibility index (Phi) is 28.0. The summed E-state index contributed by atoms with van der Waals surface area (Å²) in [7, 11) is 0. The Morgan fingerprint density at radius 3 is 1.16 bits per heavy atom. The van der Waals surface area contributed by atoms with Crippen LogP contribution in [0.5, 0.6) is 5.75 Å². The van der Waals surface area contributed by atoms with E-state index in [1.165, 1.54) is 12.1 Å². The fourth-order valence-electron chi connectivity index (χ4n) is 3.32. The smallest absolute Gasteiger partial charge is 0.320 e. The number of carbonyl (C=O) groups is 5. The third-order valence-electron chi connectivity index (χ3n) is 6.91. The third kappa shape index (κ3) is 27.9. The Hall–Kier alpha value is -4.61. The highest BCUT2D eigenvalue weighted by molar-refractivity contribution is 5.74. The van der Waals surface area contributed by atoms with Crippen LogP contribution < -0.4 is 28.7 Å². The van der Waals surface area contributed by atoms with Crippen molar-refractivity contribution >= 4 is 29.8 Å². The topological polar surface area (TPSA) is 337 Å². The summed E-state index contributed by atoms with van der Waals surface area (Å²) in [5.74, 6) is -4.13. The van der Waals surface area contributed by atoms with Gasteiger partial charge in [-0.2, -0.15) is 0 Å². The Balaban J connectivity index is -0.000000573. The van der Waals surface area contributed by atoms with Crippen LogP contribution >= 0.6 is 0 Å². The third-order valence-corrected chi connectivity index (χ3v) is 6.91. The van der Waals surface area contributed by atoms with Crippen LogP contribution in [0, 0.1) is 17.8 Å². The number of hydrogen-bond donors (Lipinski definition) is 11. The summed E-state index contributed by atoms with van der Waals surface area (Å²) in [6, 6.07) is 11.9. The van der Waals surface area contributed by atoms with E-state index in [1.54, 1.807) is 26.0 Å². The SMILES string of the molecule is CC(C)C[C@H](N)C(=O)O.CC(C)[C@H](N)C(=O)O.CC[C@H](C)[C@H](N)C(=O)O.N[C@@H](Cc1ccc(O)cc1)C(=O)O.N[C@@H](Cc1ccccc1)C(=O)O. The van der Waals surface area contributed by atoms with Gasteiger partial charge in [0.15, 0.2) is 0 Å². The van der Waals surface area contributed by atoms with Crippen molar-refractivity contribution in [2.24, 2.45) is 46.4 Å². The molecule has 0 aliphatic rings. The first kappa shape index (κ1) is 50.8. The lowest BCUT2D eigenvalue weighted by Crippen LogP contribution is -2.36. The van der Waals surface area contributed by atoms with Gasteiger partial charge in [0.25, 0.3) is 0 Å². The van der Waals surface area contributed by atoms with Gasteiger partial charge in [-0.25, -0.2) is 0 Å².